The van der Waals surface area contributed by atoms with Crippen molar-refractivity contribution in [3.63, 3.8) is 0 Å². The van der Waals surface area contributed by atoms with E-state index in [1.54, 1.807) is 0 Å². The molecule has 0 radical (unpaired) electrons. The average molecular weight is 971 g/mol. The number of para-hydroxylation sites is 4. The van der Waals surface area contributed by atoms with Crippen molar-refractivity contribution in [2.24, 2.45) is 0 Å². The Kier molecular flexibility index (Phi) is 9.20. The lowest BCUT2D eigenvalue weighted by atomic mass is 9.96. The molecule has 0 N–H and O–H groups in total. The molecule has 0 aliphatic rings. The van der Waals surface area contributed by atoms with E-state index in [0.717, 1.165) is 105 Å². The summed E-state index contributed by atoms with van der Waals surface area (Å²) in [7, 11) is 0. The van der Waals surface area contributed by atoms with Gasteiger partial charge in [-0.2, -0.15) is 9.97 Å². The van der Waals surface area contributed by atoms with Crippen LogP contribution in [0.25, 0.3) is 150 Å². The maximum absolute atomic E-state index is 6.67. The van der Waals surface area contributed by atoms with Crippen LogP contribution in [-0.4, -0.2) is 28.7 Å². The zero-order chi connectivity index (χ0) is 49.8. The number of fused-ring (bicyclic) bond motifs is 12. The molecule has 0 spiro atoms. The van der Waals surface area contributed by atoms with E-state index in [-0.39, 0.29) is 0 Å². The van der Waals surface area contributed by atoms with Crippen molar-refractivity contribution in [2.75, 3.05) is 0 Å². The van der Waals surface area contributed by atoms with E-state index >= 15 is 0 Å². The standard InChI is InChI=1S/C69H42N6O/c1-5-18-43(19-6-1)67-70-68(44-20-7-2-8-21-44)72-69(71-67)75-61-35-32-45(38-54(61)56-42-62-55(41-63(56)75)52-27-14-16-30-59(52)74(62)49-24-11-4-12-25-49)46-34-37-64-57(39-46)66-50(28-17-31-65(66)76-64)47-33-36-60-53(40-47)51-26-13-15-29-58(51)73(60)48-22-9-3-10-23-48/h1-42H. The van der Waals surface area contributed by atoms with Gasteiger partial charge >= 0.3 is 0 Å². The van der Waals surface area contributed by atoms with Gasteiger partial charge in [0.25, 0.3) is 0 Å². The van der Waals surface area contributed by atoms with E-state index in [2.05, 4.69) is 232 Å². The Hall–Kier alpha value is -10.4. The smallest absolute Gasteiger partial charge is 0.238 e. The SMILES string of the molecule is c1ccc(-c2nc(-c3ccccc3)nc(-n3c4ccc(-c5ccc6oc7cccc(-c8ccc9c(c8)c8ccccc8n9-c8ccccc8)c7c6c5)cc4c4cc5c(cc43)c3ccccc3n5-c3ccccc3)n2)cc1. The fourth-order valence-electron chi connectivity index (χ4n) is 11.9. The summed E-state index contributed by atoms with van der Waals surface area (Å²) < 4.78 is 13.7. The van der Waals surface area contributed by atoms with Gasteiger partial charge in [-0.15, -0.1) is 0 Å². The Labute approximate surface area is 435 Å². The van der Waals surface area contributed by atoms with Gasteiger partial charge in [0.1, 0.15) is 11.2 Å². The highest BCUT2D eigenvalue weighted by atomic mass is 16.3. The molecule has 0 aliphatic heterocycles. The second-order valence-electron chi connectivity index (χ2n) is 19.6. The summed E-state index contributed by atoms with van der Waals surface area (Å²) in [4.78, 5) is 15.7. The quantitative estimate of drug-likeness (QED) is 0.160. The number of rotatable bonds is 7. The molecule has 5 heterocycles. The van der Waals surface area contributed by atoms with Crippen LogP contribution in [0.3, 0.4) is 0 Å². The second kappa shape index (κ2) is 16.6. The summed E-state index contributed by atoms with van der Waals surface area (Å²) >= 11 is 0. The first-order valence-electron chi connectivity index (χ1n) is 25.7. The Morgan fingerprint density at radius 1 is 0.263 bits per heavy atom. The number of aromatic nitrogens is 6. The summed E-state index contributed by atoms with van der Waals surface area (Å²) in [6.07, 6.45) is 0. The molecule has 0 bridgehead atoms. The van der Waals surface area contributed by atoms with Crippen molar-refractivity contribution in [2.45, 2.75) is 0 Å². The highest BCUT2D eigenvalue weighted by Gasteiger charge is 2.23. The minimum atomic E-state index is 0.549. The third kappa shape index (κ3) is 6.46. The van der Waals surface area contributed by atoms with E-state index in [9.17, 15) is 0 Å². The molecule has 0 saturated carbocycles. The van der Waals surface area contributed by atoms with Crippen LogP contribution in [0.5, 0.6) is 0 Å². The molecule has 7 heteroatoms. The zero-order valence-electron chi connectivity index (χ0n) is 40.8. The van der Waals surface area contributed by atoms with Gasteiger partial charge in [-0.1, -0.05) is 164 Å². The fraction of sp³-hybridized carbons (Fsp3) is 0. The molecule has 0 unspecified atom stereocenters. The maximum atomic E-state index is 6.67. The van der Waals surface area contributed by atoms with Crippen molar-refractivity contribution >= 4 is 87.4 Å². The Bertz CT molecular complexity index is 4920. The van der Waals surface area contributed by atoms with Crippen molar-refractivity contribution in [1.82, 2.24) is 28.7 Å². The molecule has 0 saturated heterocycles. The minimum Gasteiger partial charge on any atom is -0.456 e. The molecular formula is C69H42N6O. The lowest BCUT2D eigenvalue weighted by molar-refractivity contribution is 0.669. The molecule has 11 aromatic carbocycles. The molecule has 5 aromatic heterocycles. The van der Waals surface area contributed by atoms with Crippen LogP contribution in [0.15, 0.2) is 259 Å². The fourth-order valence-corrected chi connectivity index (χ4v) is 11.9. The summed E-state index contributed by atoms with van der Waals surface area (Å²) in [5, 5.41) is 9.09. The highest BCUT2D eigenvalue weighted by Crippen LogP contribution is 2.44. The van der Waals surface area contributed by atoms with Crippen LogP contribution in [0, 0.1) is 0 Å². The molecule has 7 nitrogen and oxygen atoms in total. The predicted octanol–water partition coefficient (Wildman–Crippen LogP) is 17.7. The van der Waals surface area contributed by atoms with Crippen LogP contribution < -0.4 is 0 Å². The topological polar surface area (TPSA) is 66.6 Å². The van der Waals surface area contributed by atoms with Crippen LogP contribution in [0.2, 0.25) is 0 Å². The highest BCUT2D eigenvalue weighted by molar-refractivity contribution is 6.20. The molecule has 16 aromatic rings. The predicted molar refractivity (Wildman–Crippen MR) is 312 cm³/mol. The first-order valence-corrected chi connectivity index (χ1v) is 25.7. The van der Waals surface area contributed by atoms with Gasteiger partial charge in [0, 0.05) is 65.6 Å². The van der Waals surface area contributed by atoms with Gasteiger partial charge in [0.2, 0.25) is 5.95 Å². The van der Waals surface area contributed by atoms with E-state index in [0.29, 0.717) is 17.6 Å². The molecule has 354 valence electrons. The maximum Gasteiger partial charge on any atom is 0.238 e. The van der Waals surface area contributed by atoms with Crippen LogP contribution in [-0.2, 0) is 0 Å². The van der Waals surface area contributed by atoms with Crippen LogP contribution in [0.4, 0.5) is 0 Å². The van der Waals surface area contributed by atoms with E-state index in [1.807, 2.05) is 36.4 Å². The van der Waals surface area contributed by atoms with Gasteiger partial charge in [0.15, 0.2) is 11.6 Å². The van der Waals surface area contributed by atoms with Crippen molar-refractivity contribution in [1.29, 1.82) is 0 Å². The van der Waals surface area contributed by atoms with E-state index in [1.165, 1.54) is 27.2 Å². The van der Waals surface area contributed by atoms with Gasteiger partial charge < -0.3 is 13.6 Å². The number of benzene rings is 11. The largest absolute Gasteiger partial charge is 0.456 e. The molecule has 0 atom stereocenters. The first kappa shape index (κ1) is 42.2. The Morgan fingerprint density at radius 3 is 1.34 bits per heavy atom. The van der Waals surface area contributed by atoms with Gasteiger partial charge in [-0.3, -0.25) is 4.57 Å². The molecular weight excluding hydrogens is 929 g/mol. The molecule has 0 aliphatic carbocycles. The monoisotopic (exact) mass is 970 g/mol. The number of hydrogen-bond acceptors (Lipinski definition) is 4. The number of hydrogen-bond donors (Lipinski definition) is 0. The second-order valence-corrected chi connectivity index (χ2v) is 19.6. The summed E-state index contributed by atoms with van der Waals surface area (Å²) in [5.74, 6) is 1.77. The lowest BCUT2D eigenvalue weighted by Gasteiger charge is -2.11. The van der Waals surface area contributed by atoms with E-state index in [4.69, 9.17) is 19.4 Å². The molecule has 76 heavy (non-hydrogen) atoms. The third-order valence-corrected chi connectivity index (χ3v) is 15.3. The van der Waals surface area contributed by atoms with Crippen molar-refractivity contribution in [3.05, 3.63) is 255 Å². The minimum absolute atomic E-state index is 0.549. The third-order valence-electron chi connectivity index (χ3n) is 15.3. The van der Waals surface area contributed by atoms with Crippen LogP contribution in [0.1, 0.15) is 0 Å². The van der Waals surface area contributed by atoms with E-state index < -0.39 is 0 Å². The zero-order valence-corrected chi connectivity index (χ0v) is 40.8. The number of furan rings is 1. The number of nitrogens with zero attached hydrogens (tertiary/aromatic N) is 6. The summed E-state index contributed by atoms with van der Waals surface area (Å²) in [6.45, 7) is 0. The Balaban J connectivity index is 0.920. The molecule has 0 fully saturated rings. The van der Waals surface area contributed by atoms with Gasteiger partial charge in [-0.25, -0.2) is 4.98 Å². The van der Waals surface area contributed by atoms with Crippen molar-refractivity contribution < 1.29 is 4.42 Å². The van der Waals surface area contributed by atoms with Gasteiger partial charge in [0.05, 0.1) is 33.1 Å². The normalized spacial score (nSPS) is 11.9. The van der Waals surface area contributed by atoms with Gasteiger partial charge in [-0.05, 0) is 113 Å². The first-order chi connectivity index (χ1) is 37.7. The molecule has 0 amide bonds. The Morgan fingerprint density at radius 2 is 0.711 bits per heavy atom. The summed E-state index contributed by atoms with van der Waals surface area (Å²) in [5.41, 5.74) is 16.8. The molecule has 16 rings (SSSR count). The average Bonchev–Trinajstić information content (AvgIpc) is 4.29. The van der Waals surface area contributed by atoms with Crippen LogP contribution >= 0.6 is 0 Å². The van der Waals surface area contributed by atoms with Crippen molar-refractivity contribution in [3.8, 4) is 62.4 Å². The summed E-state index contributed by atoms with van der Waals surface area (Å²) in [6, 6.07) is 90.4. The lowest BCUT2D eigenvalue weighted by Crippen LogP contribution is -2.06.